The Balaban J connectivity index is 2.92. The fourth-order valence-electron chi connectivity index (χ4n) is 0.628. The molecule has 54 valence electrons. The summed E-state index contributed by atoms with van der Waals surface area (Å²) in [4.78, 5) is 0. The number of nitrogens with zero attached hydrogens (tertiary/aromatic N) is 2. The summed E-state index contributed by atoms with van der Waals surface area (Å²) >= 11 is 6.23. The van der Waals surface area contributed by atoms with Crippen LogP contribution in [0.15, 0.2) is 11.3 Å². The summed E-state index contributed by atoms with van der Waals surface area (Å²) in [5, 5.41) is 19.7. The molecule has 0 atom stereocenters. The van der Waals surface area contributed by atoms with Crippen molar-refractivity contribution in [3.63, 3.8) is 0 Å². The molecule has 1 aliphatic heterocycles. The van der Waals surface area contributed by atoms with Gasteiger partial charge in [-0.05, 0) is 0 Å². The minimum Gasteiger partial charge on any atom is -0.342 e. The molecule has 0 saturated carbocycles. The Kier molecular flexibility index (Phi) is 2.48. The Hall–Kier alpha value is -1.04. The number of allylic oxidation sites excluding steroid dienone is 1. The molecule has 0 amide bonds. The van der Waals surface area contributed by atoms with Crippen molar-refractivity contribution < 1.29 is 0 Å². The lowest BCUT2D eigenvalue weighted by Gasteiger charge is -1.93. The first-order chi connectivity index (χ1) is 5.27. The number of hydrogen-bond donors (Lipinski definition) is 1. The number of rotatable bonds is 0. The molecule has 1 heterocycles. The van der Waals surface area contributed by atoms with E-state index in [1.807, 2.05) is 0 Å². The van der Waals surface area contributed by atoms with Crippen molar-refractivity contribution in [2.24, 2.45) is 0 Å². The molecule has 0 spiro atoms. The zero-order valence-corrected chi connectivity index (χ0v) is 7.05. The Morgan fingerprint density at radius 2 is 2.18 bits per heavy atom. The summed E-state index contributed by atoms with van der Waals surface area (Å²) in [6, 6.07) is 3.59. The molecule has 5 heteroatoms. The molecule has 1 rings (SSSR count). The quantitative estimate of drug-likeness (QED) is 0.444. The fourth-order valence-corrected chi connectivity index (χ4v) is 1.61. The third-order valence-corrected chi connectivity index (χ3v) is 2.38. The highest BCUT2D eigenvalue weighted by atomic mass is 32.2. The first kappa shape index (κ1) is 8.06. The lowest BCUT2D eigenvalue weighted by Crippen LogP contribution is -2.10. The van der Waals surface area contributed by atoms with E-state index in [0.29, 0.717) is 15.8 Å². The molecule has 0 aromatic carbocycles. The van der Waals surface area contributed by atoms with Gasteiger partial charge in [0.1, 0.15) is 22.0 Å². The zero-order chi connectivity index (χ0) is 8.27. The van der Waals surface area contributed by atoms with Crippen LogP contribution in [-0.4, -0.2) is 10.1 Å². The molecule has 0 aromatic rings. The highest BCUT2D eigenvalue weighted by Gasteiger charge is 2.15. The summed E-state index contributed by atoms with van der Waals surface area (Å²) in [6.45, 7) is 0. The normalized spacial score (nSPS) is 15.1. The monoisotopic (exact) mass is 181 g/mol. The average molecular weight is 181 g/mol. The van der Waals surface area contributed by atoms with Gasteiger partial charge in [-0.1, -0.05) is 24.0 Å². The largest absolute Gasteiger partial charge is 0.342 e. The van der Waals surface area contributed by atoms with Crippen LogP contribution in [0.2, 0.25) is 0 Å². The Morgan fingerprint density at radius 3 is 2.55 bits per heavy atom. The second-order valence-electron chi connectivity index (χ2n) is 1.78. The maximum absolute atomic E-state index is 8.45. The molecule has 0 aliphatic carbocycles. The van der Waals surface area contributed by atoms with Gasteiger partial charge in [0.05, 0.1) is 5.70 Å². The summed E-state index contributed by atoms with van der Waals surface area (Å²) in [6.07, 6.45) is 0. The van der Waals surface area contributed by atoms with E-state index < -0.39 is 0 Å². The van der Waals surface area contributed by atoms with E-state index in [9.17, 15) is 0 Å². The smallest absolute Gasteiger partial charge is 0.149 e. The van der Waals surface area contributed by atoms with Crippen LogP contribution in [0, 0.1) is 22.7 Å². The van der Waals surface area contributed by atoms with Crippen molar-refractivity contribution in [1.82, 2.24) is 5.32 Å². The topological polar surface area (TPSA) is 59.6 Å². The lowest BCUT2D eigenvalue weighted by molar-refractivity contribution is 1.17. The summed E-state index contributed by atoms with van der Waals surface area (Å²) in [7, 11) is 0. The van der Waals surface area contributed by atoms with Crippen LogP contribution in [0.4, 0.5) is 0 Å². The summed E-state index contributed by atoms with van der Waals surface area (Å²) < 4.78 is 0.628. The van der Waals surface area contributed by atoms with Gasteiger partial charge in [-0.25, -0.2) is 0 Å². The van der Waals surface area contributed by atoms with Crippen molar-refractivity contribution >= 4 is 28.3 Å². The SMILES string of the molecule is N#CC(C#N)=C1CSC(=S)N1. The van der Waals surface area contributed by atoms with E-state index in [2.05, 4.69) is 5.32 Å². The van der Waals surface area contributed by atoms with Crippen molar-refractivity contribution in [2.75, 3.05) is 5.75 Å². The molecule has 1 fully saturated rings. The van der Waals surface area contributed by atoms with E-state index in [-0.39, 0.29) is 5.57 Å². The van der Waals surface area contributed by atoms with Gasteiger partial charge in [-0.3, -0.25) is 0 Å². The van der Waals surface area contributed by atoms with Crippen LogP contribution in [0.25, 0.3) is 0 Å². The van der Waals surface area contributed by atoms with E-state index in [0.717, 1.165) is 0 Å². The van der Waals surface area contributed by atoms with Gasteiger partial charge in [0, 0.05) is 5.75 Å². The van der Waals surface area contributed by atoms with Crippen molar-refractivity contribution in [3.05, 3.63) is 11.3 Å². The first-order valence-corrected chi connectivity index (χ1v) is 4.14. The molecule has 1 N–H and O–H groups in total. The second-order valence-corrected chi connectivity index (χ2v) is 3.43. The third kappa shape index (κ3) is 1.70. The van der Waals surface area contributed by atoms with Crippen molar-refractivity contribution in [1.29, 1.82) is 10.5 Å². The van der Waals surface area contributed by atoms with Crippen molar-refractivity contribution in [2.45, 2.75) is 0 Å². The average Bonchev–Trinajstić information content (AvgIpc) is 2.39. The summed E-state index contributed by atoms with van der Waals surface area (Å²) in [5.41, 5.74) is 0.752. The van der Waals surface area contributed by atoms with Crippen LogP contribution in [0.5, 0.6) is 0 Å². The van der Waals surface area contributed by atoms with Gasteiger partial charge in [-0.2, -0.15) is 10.5 Å². The Bertz CT molecular complexity index is 289. The molecular formula is C6H3N3S2. The van der Waals surface area contributed by atoms with Gasteiger partial charge in [0.15, 0.2) is 0 Å². The molecule has 0 radical (unpaired) electrons. The molecule has 1 saturated heterocycles. The van der Waals surface area contributed by atoms with E-state index in [1.54, 1.807) is 12.1 Å². The van der Waals surface area contributed by atoms with E-state index >= 15 is 0 Å². The standard InChI is InChI=1S/C6H3N3S2/c7-1-4(2-8)5-3-11-6(10)9-5/h3H2,(H,9,10). The number of hydrogen-bond acceptors (Lipinski definition) is 4. The number of nitriles is 2. The van der Waals surface area contributed by atoms with Crippen LogP contribution in [0.1, 0.15) is 0 Å². The maximum Gasteiger partial charge on any atom is 0.149 e. The van der Waals surface area contributed by atoms with Crippen molar-refractivity contribution in [3.8, 4) is 12.1 Å². The van der Waals surface area contributed by atoms with Crippen LogP contribution >= 0.6 is 24.0 Å². The van der Waals surface area contributed by atoms with Gasteiger partial charge in [0.25, 0.3) is 0 Å². The fraction of sp³-hybridized carbons (Fsp3) is 0.167. The predicted octanol–water partition coefficient (Wildman–Crippen LogP) is 0.909. The molecule has 0 bridgehead atoms. The van der Waals surface area contributed by atoms with E-state index in [4.69, 9.17) is 22.7 Å². The molecule has 11 heavy (non-hydrogen) atoms. The minimum absolute atomic E-state index is 0.123. The second kappa shape index (κ2) is 3.38. The zero-order valence-electron chi connectivity index (χ0n) is 5.42. The highest BCUT2D eigenvalue weighted by molar-refractivity contribution is 8.23. The van der Waals surface area contributed by atoms with Gasteiger partial charge in [0.2, 0.25) is 0 Å². The summed E-state index contributed by atoms with van der Waals surface area (Å²) in [5.74, 6) is 0.606. The van der Waals surface area contributed by atoms with E-state index in [1.165, 1.54) is 11.8 Å². The van der Waals surface area contributed by atoms with Gasteiger partial charge >= 0.3 is 0 Å². The number of nitrogens with one attached hydrogen (secondary N) is 1. The molecule has 0 unspecified atom stereocenters. The van der Waals surface area contributed by atoms with Crippen LogP contribution < -0.4 is 5.32 Å². The molecule has 3 nitrogen and oxygen atoms in total. The Morgan fingerprint density at radius 1 is 1.55 bits per heavy atom. The third-order valence-electron chi connectivity index (χ3n) is 1.13. The first-order valence-electron chi connectivity index (χ1n) is 2.75. The Labute approximate surface area is 73.7 Å². The van der Waals surface area contributed by atoms with Crippen LogP contribution in [-0.2, 0) is 0 Å². The maximum atomic E-state index is 8.45. The van der Waals surface area contributed by atoms with Crippen LogP contribution in [0.3, 0.4) is 0 Å². The lowest BCUT2D eigenvalue weighted by atomic mass is 10.2. The number of thioether (sulfide) groups is 1. The van der Waals surface area contributed by atoms with Gasteiger partial charge in [-0.15, -0.1) is 0 Å². The minimum atomic E-state index is 0.123. The highest BCUT2D eigenvalue weighted by Crippen LogP contribution is 2.18. The molecular weight excluding hydrogens is 178 g/mol. The molecule has 1 aliphatic rings. The predicted molar refractivity (Wildman–Crippen MR) is 46.4 cm³/mol. The number of thiocarbonyl (C=S) groups is 1. The van der Waals surface area contributed by atoms with Gasteiger partial charge < -0.3 is 5.32 Å². The molecule has 0 aromatic heterocycles.